The molecule has 3 nitrogen and oxygen atoms in total. The number of hydrogen-bond acceptors (Lipinski definition) is 2. The molecule has 0 bridgehead atoms. The zero-order valence-corrected chi connectivity index (χ0v) is 13.3. The zero-order chi connectivity index (χ0) is 15.6. The predicted octanol–water partition coefficient (Wildman–Crippen LogP) is 3.61. The summed E-state index contributed by atoms with van der Waals surface area (Å²) in [6, 6.07) is 17.1. The minimum Gasteiger partial charge on any atom is -0.212 e. The van der Waals surface area contributed by atoms with Crippen LogP contribution in [0, 0.1) is 0 Å². The van der Waals surface area contributed by atoms with Gasteiger partial charge in [-0.15, -0.1) is 0 Å². The maximum absolute atomic E-state index is 12.8. The third-order valence-electron chi connectivity index (χ3n) is 4.01. The van der Waals surface area contributed by atoms with E-state index in [0.29, 0.717) is 6.54 Å². The van der Waals surface area contributed by atoms with Crippen LogP contribution in [-0.4, -0.2) is 19.3 Å². The van der Waals surface area contributed by atoms with Gasteiger partial charge in [-0.3, -0.25) is 0 Å². The monoisotopic (exact) mass is 313 g/mol. The van der Waals surface area contributed by atoms with Gasteiger partial charge >= 0.3 is 0 Å². The second-order valence-corrected chi connectivity index (χ2v) is 7.44. The Labute approximate surface area is 132 Å². The van der Waals surface area contributed by atoms with Crippen molar-refractivity contribution < 1.29 is 8.42 Å². The van der Waals surface area contributed by atoms with Crippen molar-refractivity contribution in [1.82, 2.24) is 4.31 Å². The highest BCUT2D eigenvalue weighted by Crippen LogP contribution is 2.30. The predicted molar refractivity (Wildman–Crippen MR) is 89.7 cm³/mol. The van der Waals surface area contributed by atoms with Crippen molar-refractivity contribution in [3.05, 3.63) is 77.4 Å². The molecule has 0 spiro atoms. The van der Waals surface area contributed by atoms with Gasteiger partial charge in [-0.1, -0.05) is 66.7 Å². The molecule has 0 aliphatic carbocycles. The molecule has 1 aliphatic rings. The van der Waals surface area contributed by atoms with Crippen molar-refractivity contribution in [2.24, 2.45) is 0 Å². The van der Waals surface area contributed by atoms with Crippen LogP contribution in [0.1, 0.15) is 29.7 Å². The summed E-state index contributed by atoms with van der Waals surface area (Å²) < 4.78 is 27.2. The van der Waals surface area contributed by atoms with E-state index in [9.17, 15) is 8.42 Å². The Morgan fingerprint density at radius 1 is 1.05 bits per heavy atom. The molecular formula is C18H19NO2S. The van der Waals surface area contributed by atoms with Crippen molar-refractivity contribution in [2.75, 3.05) is 6.54 Å². The highest BCUT2D eigenvalue weighted by Gasteiger charge is 2.29. The maximum Gasteiger partial charge on any atom is 0.219 e. The second-order valence-electron chi connectivity index (χ2n) is 5.52. The first-order chi connectivity index (χ1) is 10.6. The number of fused-ring (bicyclic) bond motifs is 1. The van der Waals surface area contributed by atoms with E-state index < -0.39 is 10.0 Å². The van der Waals surface area contributed by atoms with E-state index in [1.165, 1.54) is 0 Å². The van der Waals surface area contributed by atoms with Crippen LogP contribution in [0.3, 0.4) is 0 Å². The topological polar surface area (TPSA) is 37.4 Å². The lowest BCUT2D eigenvalue weighted by Crippen LogP contribution is -2.34. The summed E-state index contributed by atoms with van der Waals surface area (Å²) in [7, 11) is -3.37. The molecule has 2 aromatic rings. The Balaban J connectivity index is 1.93. The fourth-order valence-corrected chi connectivity index (χ4v) is 4.55. The number of hydrogen-bond donors (Lipinski definition) is 0. The molecule has 0 unspecified atom stereocenters. The van der Waals surface area contributed by atoms with Gasteiger partial charge in [0.2, 0.25) is 10.0 Å². The molecule has 0 saturated carbocycles. The summed E-state index contributed by atoms with van der Waals surface area (Å²) in [5.74, 6) is 0.0359. The highest BCUT2D eigenvalue weighted by atomic mass is 32.2. The maximum atomic E-state index is 12.8. The van der Waals surface area contributed by atoms with Gasteiger partial charge in [0.05, 0.1) is 5.75 Å². The average Bonchev–Trinajstić information content (AvgIpc) is 2.68. The summed E-state index contributed by atoms with van der Waals surface area (Å²) in [5.41, 5.74) is 2.96. The summed E-state index contributed by atoms with van der Waals surface area (Å²) in [4.78, 5) is 0. The van der Waals surface area contributed by atoms with E-state index in [0.717, 1.165) is 16.7 Å². The van der Waals surface area contributed by atoms with Crippen LogP contribution in [0.15, 0.2) is 60.7 Å². The molecule has 2 aromatic carbocycles. The van der Waals surface area contributed by atoms with Gasteiger partial charge in [-0.05, 0) is 23.6 Å². The Morgan fingerprint density at radius 3 is 2.50 bits per heavy atom. The molecule has 114 valence electrons. The Hall–Kier alpha value is -1.91. The summed E-state index contributed by atoms with van der Waals surface area (Å²) in [6.45, 7) is 2.36. The number of sulfonamides is 1. The first-order valence-electron chi connectivity index (χ1n) is 7.37. The van der Waals surface area contributed by atoms with Crippen LogP contribution in [-0.2, 0) is 15.8 Å². The van der Waals surface area contributed by atoms with Crippen molar-refractivity contribution in [3.8, 4) is 0 Å². The second kappa shape index (κ2) is 6.07. The molecular weight excluding hydrogens is 294 g/mol. The molecule has 1 heterocycles. The lowest BCUT2D eigenvalue weighted by atomic mass is 10.0. The summed E-state index contributed by atoms with van der Waals surface area (Å²) in [6.07, 6.45) is 3.93. The zero-order valence-electron chi connectivity index (χ0n) is 12.5. The number of rotatable bonds is 3. The standard InChI is InChI=1S/C18H19NO2S/c1-15-18-12-6-5-10-17(18)11-7-13-19(15)22(20,21)14-16-8-3-2-4-9-16/h2-12,15H,13-14H2,1H3/t15-/m0/s1. The normalized spacial score (nSPS) is 18.7. The quantitative estimate of drug-likeness (QED) is 0.868. The van der Waals surface area contributed by atoms with E-state index in [2.05, 4.69) is 0 Å². The molecule has 22 heavy (non-hydrogen) atoms. The van der Waals surface area contributed by atoms with Gasteiger partial charge < -0.3 is 0 Å². The molecule has 1 aliphatic heterocycles. The first-order valence-corrected chi connectivity index (χ1v) is 8.98. The molecule has 0 amide bonds. The van der Waals surface area contributed by atoms with Crippen LogP contribution >= 0.6 is 0 Å². The average molecular weight is 313 g/mol. The van der Waals surface area contributed by atoms with E-state index in [1.807, 2.05) is 73.7 Å². The Kier molecular flexibility index (Phi) is 4.14. The van der Waals surface area contributed by atoms with Crippen molar-refractivity contribution in [1.29, 1.82) is 0 Å². The van der Waals surface area contributed by atoms with Crippen LogP contribution in [0.2, 0.25) is 0 Å². The van der Waals surface area contributed by atoms with Crippen LogP contribution in [0.4, 0.5) is 0 Å². The lowest BCUT2D eigenvalue weighted by molar-refractivity contribution is 0.372. The molecule has 0 aromatic heterocycles. The molecule has 0 fully saturated rings. The Bertz CT molecular complexity index is 782. The molecule has 0 radical (unpaired) electrons. The molecule has 0 N–H and O–H groups in total. The minimum absolute atomic E-state index is 0.0359. The van der Waals surface area contributed by atoms with Crippen molar-refractivity contribution in [2.45, 2.75) is 18.7 Å². The van der Waals surface area contributed by atoms with Crippen LogP contribution in [0.5, 0.6) is 0 Å². The SMILES string of the molecule is C[C@H]1c2ccccc2C=CCN1S(=O)(=O)Cc1ccccc1. The smallest absolute Gasteiger partial charge is 0.212 e. The van der Waals surface area contributed by atoms with Crippen LogP contribution in [0.25, 0.3) is 6.08 Å². The van der Waals surface area contributed by atoms with Gasteiger partial charge in [-0.25, -0.2) is 8.42 Å². The van der Waals surface area contributed by atoms with Crippen molar-refractivity contribution >= 4 is 16.1 Å². The van der Waals surface area contributed by atoms with E-state index in [-0.39, 0.29) is 11.8 Å². The first kappa shape index (κ1) is 15.0. The fourth-order valence-electron chi connectivity index (χ4n) is 2.86. The van der Waals surface area contributed by atoms with Gasteiger partial charge in [0.25, 0.3) is 0 Å². The van der Waals surface area contributed by atoms with Gasteiger partial charge in [0.1, 0.15) is 0 Å². The largest absolute Gasteiger partial charge is 0.219 e. The number of benzene rings is 2. The molecule has 1 atom stereocenters. The third-order valence-corrected chi connectivity index (χ3v) is 5.89. The molecule has 4 heteroatoms. The Morgan fingerprint density at radius 2 is 1.73 bits per heavy atom. The van der Waals surface area contributed by atoms with Gasteiger partial charge in [0.15, 0.2) is 0 Å². The summed E-state index contributed by atoms with van der Waals surface area (Å²) in [5, 5.41) is 0. The van der Waals surface area contributed by atoms with Gasteiger partial charge in [-0.2, -0.15) is 4.31 Å². The fraction of sp³-hybridized carbons (Fsp3) is 0.222. The van der Waals surface area contributed by atoms with Gasteiger partial charge in [0, 0.05) is 12.6 Å². The third kappa shape index (κ3) is 2.98. The van der Waals surface area contributed by atoms with Crippen molar-refractivity contribution in [3.63, 3.8) is 0 Å². The minimum atomic E-state index is -3.37. The van der Waals surface area contributed by atoms with E-state index in [1.54, 1.807) is 4.31 Å². The summed E-state index contributed by atoms with van der Waals surface area (Å²) >= 11 is 0. The van der Waals surface area contributed by atoms with E-state index >= 15 is 0 Å². The van der Waals surface area contributed by atoms with E-state index in [4.69, 9.17) is 0 Å². The lowest BCUT2D eigenvalue weighted by Gasteiger charge is -2.27. The highest BCUT2D eigenvalue weighted by molar-refractivity contribution is 7.88. The van der Waals surface area contributed by atoms with Crippen LogP contribution < -0.4 is 0 Å². The number of nitrogens with zero attached hydrogens (tertiary/aromatic N) is 1. The molecule has 0 saturated heterocycles. The molecule has 3 rings (SSSR count).